The molecule has 0 aromatic carbocycles. The molecule has 4 heteroatoms. The summed E-state index contributed by atoms with van der Waals surface area (Å²) in [6.45, 7) is 4.76. The van der Waals surface area contributed by atoms with Crippen LogP contribution in [-0.4, -0.2) is 39.6 Å². The zero-order chi connectivity index (χ0) is 15.7. The van der Waals surface area contributed by atoms with E-state index in [0.29, 0.717) is 17.6 Å². The van der Waals surface area contributed by atoms with Gasteiger partial charge in [-0.05, 0) is 51.4 Å². The Labute approximate surface area is 138 Å². The highest BCUT2D eigenvalue weighted by Crippen LogP contribution is 2.53. The Morgan fingerprint density at radius 2 is 1.36 bits per heavy atom. The van der Waals surface area contributed by atoms with E-state index in [4.69, 9.17) is 8.85 Å². The Balaban J connectivity index is 1.91. The van der Waals surface area contributed by atoms with Crippen molar-refractivity contribution in [1.82, 2.24) is 4.57 Å². The third-order valence-corrected chi connectivity index (χ3v) is 11.4. The Morgan fingerprint density at radius 3 is 2.00 bits per heavy atom. The van der Waals surface area contributed by atoms with E-state index in [0.717, 1.165) is 11.8 Å². The second-order valence-corrected chi connectivity index (χ2v) is 11.3. The molecule has 3 aliphatic rings. The van der Waals surface area contributed by atoms with Crippen molar-refractivity contribution in [3.05, 3.63) is 0 Å². The summed E-state index contributed by atoms with van der Waals surface area (Å²) in [7, 11) is 1.55. The largest absolute Gasteiger partial charge is 0.431 e. The fourth-order valence-electron chi connectivity index (χ4n) is 5.99. The number of nitrogens with zero attached hydrogens (tertiary/aromatic N) is 1. The van der Waals surface area contributed by atoms with E-state index in [9.17, 15) is 0 Å². The van der Waals surface area contributed by atoms with Crippen molar-refractivity contribution in [3.8, 4) is 0 Å². The molecule has 0 N–H and O–H groups in total. The maximum absolute atomic E-state index is 6.34. The fraction of sp³-hybridized carbons (Fsp3) is 1.00. The molecular weight excluding hydrogens is 290 g/mol. The van der Waals surface area contributed by atoms with E-state index in [-0.39, 0.29) is 0 Å². The van der Waals surface area contributed by atoms with Crippen molar-refractivity contribution in [2.24, 2.45) is 11.8 Å². The Hall–Kier alpha value is 0.0969. The summed E-state index contributed by atoms with van der Waals surface area (Å²) < 4.78 is 15.4. The highest BCUT2D eigenvalue weighted by Gasteiger charge is 2.59. The quantitative estimate of drug-likeness (QED) is 0.713. The predicted molar refractivity (Wildman–Crippen MR) is 92.8 cm³/mol. The Bertz CT molecular complexity index is 362. The zero-order valence-electron chi connectivity index (χ0n) is 15.0. The molecule has 2 saturated carbocycles. The Morgan fingerprint density at radius 1 is 0.773 bits per heavy atom. The van der Waals surface area contributed by atoms with Crippen LogP contribution in [0.1, 0.15) is 71.6 Å². The van der Waals surface area contributed by atoms with Gasteiger partial charge in [-0.15, -0.1) is 0 Å². The van der Waals surface area contributed by atoms with Crippen LogP contribution in [0.2, 0.25) is 5.54 Å². The van der Waals surface area contributed by atoms with Crippen LogP contribution in [0.25, 0.3) is 0 Å². The highest BCUT2D eigenvalue weighted by atomic mass is 28.4. The molecule has 0 aromatic rings. The maximum Gasteiger partial charge on any atom is 0.431 e. The first-order valence-corrected chi connectivity index (χ1v) is 11.4. The minimum atomic E-state index is -2.31. The monoisotopic (exact) mass is 325 g/mol. The summed E-state index contributed by atoms with van der Waals surface area (Å²) in [6.07, 6.45) is 12.5. The molecule has 5 atom stereocenters. The van der Waals surface area contributed by atoms with Crippen molar-refractivity contribution in [3.63, 3.8) is 0 Å². The van der Waals surface area contributed by atoms with E-state index in [1.54, 1.807) is 0 Å². The number of fused-ring (bicyclic) bond motifs is 1. The third kappa shape index (κ3) is 2.70. The van der Waals surface area contributed by atoms with Crippen molar-refractivity contribution in [1.29, 1.82) is 0 Å². The minimum absolute atomic E-state index is 0.616. The lowest BCUT2D eigenvalue weighted by atomic mass is 9.70. The average Bonchev–Trinajstić information content (AvgIpc) is 2.89. The van der Waals surface area contributed by atoms with Gasteiger partial charge in [-0.1, -0.05) is 32.1 Å². The summed E-state index contributed by atoms with van der Waals surface area (Å²) >= 11 is 0. The van der Waals surface area contributed by atoms with Crippen LogP contribution in [0, 0.1) is 11.8 Å². The molecular formula is C18H35NO2Si. The van der Waals surface area contributed by atoms with Crippen molar-refractivity contribution >= 4 is 8.72 Å². The van der Waals surface area contributed by atoms with Gasteiger partial charge in [-0.2, -0.15) is 0 Å². The van der Waals surface area contributed by atoms with Crippen molar-refractivity contribution in [2.75, 3.05) is 14.2 Å². The first-order chi connectivity index (χ1) is 10.6. The molecule has 3 fully saturated rings. The maximum atomic E-state index is 6.34. The molecule has 1 saturated heterocycles. The van der Waals surface area contributed by atoms with Gasteiger partial charge in [-0.25, -0.2) is 0 Å². The molecule has 2 aliphatic carbocycles. The molecule has 1 heterocycles. The molecule has 3 rings (SSSR count). The zero-order valence-corrected chi connectivity index (χ0v) is 16.0. The minimum Gasteiger partial charge on any atom is -0.386 e. The summed E-state index contributed by atoms with van der Waals surface area (Å²) in [4.78, 5) is 0. The molecule has 0 amide bonds. The molecule has 0 radical (unpaired) electrons. The molecule has 5 unspecified atom stereocenters. The summed E-state index contributed by atoms with van der Waals surface area (Å²) in [5.41, 5.74) is 0.671. The first kappa shape index (κ1) is 16.9. The smallest absolute Gasteiger partial charge is 0.386 e. The van der Waals surface area contributed by atoms with Crippen molar-refractivity contribution < 1.29 is 8.85 Å². The average molecular weight is 326 g/mol. The van der Waals surface area contributed by atoms with E-state index < -0.39 is 8.72 Å². The molecule has 0 aromatic heterocycles. The molecule has 0 bridgehead atoms. The molecule has 3 nitrogen and oxygen atoms in total. The molecule has 22 heavy (non-hydrogen) atoms. The topological polar surface area (TPSA) is 21.7 Å². The van der Waals surface area contributed by atoms with Gasteiger partial charge in [0.2, 0.25) is 0 Å². The van der Waals surface area contributed by atoms with Gasteiger partial charge in [0.25, 0.3) is 0 Å². The van der Waals surface area contributed by atoms with E-state index >= 15 is 0 Å². The van der Waals surface area contributed by atoms with Crippen LogP contribution in [0.3, 0.4) is 0 Å². The first-order valence-electron chi connectivity index (χ1n) is 9.52. The summed E-state index contributed by atoms with van der Waals surface area (Å²) in [5.74, 6) is 1.80. The number of hydrogen-bond acceptors (Lipinski definition) is 3. The van der Waals surface area contributed by atoms with Gasteiger partial charge < -0.3 is 8.85 Å². The van der Waals surface area contributed by atoms with Gasteiger partial charge in [0.05, 0.1) is 0 Å². The van der Waals surface area contributed by atoms with Gasteiger partial charge in [0, 0.05) is 31.8 Å². The number of hydrogen-bond donors (Lipinski definition) is 0. The molecule has 128 valence electrons. The third-order valence-electron chi connectivity index (χ3n) is 6.94. The summed E-state index contributed by atoms with van der Waals surface area (Å²) in [6, 6.07) is 1.23. The lowest BCUT2D eigenvalue weighted by Gasteiger charge is -2.51. The van der Waals surface area contributed by atoms with Crippen LogP contribution in [0.15, 0.2) is 0 Å². The normalized spacial score (nSPS) is 40.6. The van der Waals surface area contributed by atoms with E-state index in [1.165, 1.54) is 57.8 Å². The lowest BCUT2D eigenvalue weighted by molar-refractivity contribution is 0.0811. The van der Waals surface area contributed by atoms with Crippen LogP contribution in [0.4, 0.5) is 0 Å². The SMILES string of the molecule is CO[Si](OC)(C1CCCC2CCCCC21)N1C(C)CCC1C. The standard InChI is InChI=1S/C18H35NO2Si/c1-14-12-13-15(2)19(14)22(20-3,21-4)18-11-7-9-16-8-5-6-10-17(16)18/h14-18H,5-13H2,1-4H3. The van der Waals surface area contributed by atoms with Crippen LogP contribution in [0.5, 0.6) is 0 Å². The Kier molecular flexibility index (Phi) is 5.33. The molecule has 1 aliphatic heterocycles. The van der Waals surface area contributed by atoms with Gasteiger partial charge in [0.1, 0.15) is 0 Å². The van der Waals surface area contributed by atoms with Gasteiger partial charge in [-0.3, -0.25) is 4.57 Å². The molecule has 0 spiro atoms. The van der Waals surface area contributed by atoms with Gasteiger partial charge in [0.15, 0.2) is 0 Å². The van der Waals surface area contributed by atoms with E-state index in [2.05, 4.69) is 18.4 Å². The van der Waals surface area contributed by atoms with Crippen molar-refractivity contribution in [2.45, 2.75) is 89.3 Å². The lowest BCUT2D eigenvalue weighted by Crippen LogP contribution is -2.65. The highest BCUT2D eigenvalue weighted by molar-refractivity contribution is 6.66. The van der Waals surface area contributed by atoms with Crippen LogP contribution < -0.4 is 0 Å². The number of rotatable bonds is 4. The second kappa shape index (κ2) is 6.92. The summed E-state index contributed by atoms with van der Waals surface area (Å²) in [5, 5.41) is 0. The fourth-order valence-corrected chi connectivity index (χ4v) is 10.6. The van der Waals surface area contributed by atoms with Crippen LogP contribution >= 0.6 is 0 Å². The predicted octanol–water partition coefficient (Wildman–Crippen LogP) is 4.45. The van der Waals surface area contributed by atoms with Crippen LogP contribution in [-0.2, 0) is 8.85 Å². The second-order valence-electron chi connectivity index (χ2n) is 7.97. The van der Waals surface area contributed by atoms with Gasteiger partial charge >= 0.3 is 8.72 Å². The van der Waals surface area contributed by atoms with E-state index in [1.807, 2.05) is 14.2 Å².